The molecule has 1 aliphatic heterocycles. The molecule has 9 heteroatoms. The van der Waals surface area contributed by atoms with Gasteiger partial charge in [0.15, 0.2) is 9.84 Å². The van der Waals surface area contributed by atoms with Gasteiger partial charge < -0.3 is 16.0 Å². The molecule has 2 heterocycles. The van der Waals surface area contributed by atoms with Crippen molar-refractivity contribution in [3.8, 4) is 0 Å². The number of hydrogen-bond acceptors (Lipinski definition) is 8. The highest BCUT2D eigenvalue weighted by atomic mass is 32.2. The quantitative estimate of drug-likeness (QED) is 0.797. The van der Waals surface area contributed by atoms with Crippen molar-refractivity contribution in [2.75, 3.05) is 40.5 Å². The van der Waals surface area contributed by atoms with Crippen molar-refractivity contribution in [1.29, 1.82) is 0 Å². The number of rotatable bonds is 5. The second-order valence-electron chi connectivity index (χ2n) is 5.09. The average molecular weight is 314 g/mol. The molecule has 1 fully saturated rings. The molecular weight excluding hydrogens is 292 g/mol. The molecule has 118 valence electrons. The van der Waals surface area contributed by atoms with Crippen molar-refractivity contribution in [2.45, 2.75) is 32.7 Å². The van der Waals surface area contributed by atoms with E-state index in [4.69, 9.17) is 5.73 Å². The van der Waals surface area contributed by atoms with Crippen LogP contribution in [-0.4, -0.2) is 54.0 Å². The van der Waals surface area contributed by atoms with Crippen LogP contribution in [0.2, 0.25) is 0 Å². The summed E-state index contributed by atoms with van der Waals surface area (Å²) in [4.78, 5) is 14.5. The molecule has 1 atom stereocenters. The molecule has 0 aliphatic carbocycles. The molecule has 1 aliphatic rings. The first-order valence-corrected chi connectivity index (χ1v) is 8.99. The fourth-order valence-electron chi connectivity index (χ4n) is 2.41. The van der Waals surface area contributed by atoms with Crippen LogP contribution in [0.25, 0.3) is 0 Å². The van der Waals surface area contributed by atoms with Crippen LogP contribution in [-0.2, 0) is 9.84 Å². The molecule has 2 rings (SSSR count). The number of sulfone groups is 1. The molecule has 21 heavy (non-hydrogen) atoms. The van der Waals surface area contributed by atoms with Gasteiger partial charge in [-0.05, 0) is 26.7 Å². The van der Waals surface area contributed by atoms with E-state index in [0.29, 0.717) is 18.3 Å². The van der Waals surface area contributed by atoms with Gasteiger partial charge in [0.25, 0.3) is 0 Å². The third-order valence-corrected chi connectivity index (χ3v) is 5.30. The number of nitrogen functional groups attached to an aromatic ring is 1. The molecule has 0 bridgehead atoms. The summed E-state index contributed by atoms with van der Waals surface area (Å²) in [5.41, 5.74) is 5.72. The molecule has 3 N–H and O–H groups in total. The molecule has 1 unspecified atom stereocenters. The Morgan fingerprint density at radius 2 is 2.00 bits per heavy atom. The predicted molar refractivity (Wildman–Crippen MR) is 83.1 cm³/mol. The minimum Gasteiger partial charge on any atom is -0.368 e. The zero-order valence-electron chi connectivity index (χ0n) is 12.4. The van der Waals surface area contributed by atoms with Crippen LogP contribution in [0.3, 0.4) is 0 Å². The highest BCUT2D eigenvalue weighted by molar-refractivity contribution is 7.91. The number of nitrogens with zero attached hydrogens (tertiary/aromatic N) is 4. The molecule has 0 spiro atoms. The van der Waals surface area contributed by atoms with E-state index in [9.17, 15) is 8.42 Å². The molecule has 0 radical (unpaired) electrons. The van der Waals surface area contributed by atoms with Crippen molar-refractivity contribution < 1.29 is 8.42 Å². The van der Waals surface area contributed by atoms with Gasteiger partial charge in [-0.1, -0.05) is 0 Å². The second kappa shape index (κ2) is 6.42. The van der Waals surface area contributed by atoms with Crippen molar-refractivity contribution >= 4 is 27.7 Å². The maximum Gasteiger partial charge on any atom is 0.231 e. The Balaban J connectivity index is 2.16. The Morgan fingerprint density at radius 1 is 1.29 bits per heavy atom. The van der Waals surface area contributed by atoms with E-state index in [1.165, 1.54) is 0 Å². The summed E-state index contributed by atoms with van der Waals surface area (Å²) in [7, 11) is -2.97. The van der Waals surface area contributed by atoms with Gasteiger partial charge in [-0.15, -0.1) is 0 Å². The molecule has 1 saturated heterocycles. The van der Waals surface area contributed by atoms with Crippen LogP contribution in [0.4, 0.5) is 17.8 Å². The fraction of sp³-hybridized carbons (Fsp3) is 0.750. The van der Waals surface area contributed by atoms with E-state index >= 15 is 0 Å². The maximum atomic E-state index is 11.7. The van der Waals surface area contributed by atoms with Gasteiger partial charge >= 0.3 is 0 Å². The minimum absolute atomic E-state index is 0.110. The average Bonchev–Trinajstić information content (AvgIpc) is 2.38. The highest BCUT2D eigenvalue weighted by Gasteiger charge is 2.25. The summed E-state index contributed by atoms with van der Waals surface area (Å²) in [6, 6.07) is -0.171. The van der Waals surface area contributed by atoms with Crippen LogP contribution < -0.4 is 16.0 Å². The number of aromatic nitrogens is 3. The van der Waals surface area contributed by atoms with Gasteiger partial charge in [0.1, 0.15) is 0 Å². The lowest BCUT2D eigenvalue weighted by Crippen LogP contribution is -2.35. The Bertz CT molecular complexity index is 587. The van der Waals surface area contributed by atoms with Gasteiger partial charge in [0.05, 0.1) is 11.5 Å². The number of nitrogens with two attached hydrogens (primary N) is 1. The van der Waals surface area contributed by atoms with Crippen LogP contribution in [0.15, 0.2) is 0 Å². The van der Waals surface area contributed by atoms with Crippen molar-refractivity contribution in [3.63, 3.8) is 0 Å². The van der Waals surface area contributed by atoms with Crippen molar-refractivity contribution in [2.24, 2.45) is 0 Å². The van der Waals surface area contributed by atoms with Crippen LogP contribution in [0.1, 0.15) is 26.7 Å². The van der Waals surface area contributed by atoms with Crippen LogP contribution in [0.5, 0.6) is 0 Å². The third kappa shape index (κ3) is 4.16. The van der Waals surface area contributed by atoms with Gasteiger partial charge in [-0.25, -0.2) is 8.42 Å². The van der Waals surface area contributed by atoms with Crippen molar-refractivity contribution in [1.82, 2.24) is 15.0 Å². The number of hydrogen-bond donors (Lipinski definition) is 2. The van der Waals surface area contributed by atoms with Gasteiger partial charge in [0, 0.05) is 19.1 Å². The van der Waals surface area contributed by atoms with Gasteiger partial charge in [0.2, 0.25) is 17.8 Å². The van der Waals surface area contributed by atoms with Crippen LogP contribution in [0, 0.1) is 0 Å². The first-order chi connectivity index (χ1) is 9.93. The lowest BCUT2D eigenvalue weighted by Gasteiger charge is -2.24. The lowest BCUT2D eigenvalue weighted by atomic mass is 10.2. The molecule has 8 nitrogen and oxygen atoms in total. The van der Waals surface area contributed by atoms with E-state index < -0.39 is 9.84 Å². The molecule has 0 amide bonds. The summed E-state index contributed by atoms with van der Waals surface area (Å²) in [6.45, 7) is 5.53. The zero-order valence-corrected chi connectivity index (χ0v) is 13.2. The predicted octanol–water partition coefficient (Wildman–Crippen LogP) is 0.289. The van der Waals surface area contributed by atoms with Gasteiger partial charge in [-0.3, -0.25) is 0 Å². The van der Waals surface area contributed by atoms with E-state index in [1.54, 1.807) is 0 Å². The van der Waals surface area contributed by atoms with Crippen LogP contribution >= 0.6 is 0 Å². The minimum atomic E-state index is -2.97. The topological polar surface area (TPSA) is 114 Å². The fourth-order valence-corrected chi connectivity index (χ4v) is 4.05. The maximum absolute atomic E-state index is 11.7. The summed E-state index contributed by atoms with van der Waals surface area (Å²) < 4.78 is 23.3. The standard InChI is InChI=1S/C12H22N6O2S/c1-3-18(4-2)12-16-10(13)15-11(17-12)14-9-6-5-7-21(19,20)8-9/h9H,3-8H2,1-2H3,(H3,13,14,15,16,17). The lowest BCUT2D eigenvalue weighted by molar-refractivity contribution is 0.561. The molecular formula is C12H22N6O2S. The Kier molecular flexibility index (Phi) is 4.81. The normalized spacial score (nSPS) is 21.0. The molecule has 1 aromatic rings. The molecule has 0 aromatic carbocycles. The largest absolute Gasteiger partial charge is 0.368 e. The molecule has 1 aromatic heterocycles. The first-order valence-electron chi connectivity index (χ1n) is 7.17. The number of anilines is 3. The van der Waals surface area contributed by atoms with E-state index in [-0.39, 0.29) is 23.5 Å². The Morgan fingerprint density at radius 3 is 2.62 bits per heavy atom. The van der Waals surface area contributed by atoms with Gasteiger partial charge in [-0.2, -0.15) is 15.0 Å². The zero-order chi connectivity index (χ0) is 15.5. The van der Waals surface area contributed by atoms with E-state index in [1.807, 2.05) is 18.7 Å². The summed E-state index contributed by atoms with van der Waals surface area (Å²) >= 11 is 0. The Labute approximate surface area is 125 Å². The van der Waals surface area contributed by atoms with E-state index in [2.05, 4.69) is 20.3 Å². The summed E-state index contributed by atoms with van der Waals surface area (Å²) in [5, 5.41) is 3.07. The monoisotopic (exact) mass is 314 g/mol. The summed E-state index contributed by atoms with van der Waals surface area (Å²) in [5.74, 6) is 1.35. The summed E-state index contributed by atoms with van der Waals surface area (Å²) in [6.07, 6.45) is 1.44. The van der Waals surface area contributed by atoms with Crippen molar-refractivity contribution in [3.05, 3.63) is 0 Å². The molecule has 0 saturated carbocycles. The first kappa shape index (κ1) is 15.7. The third-order valence-electron chi connectivity index (χ3n) is 3.48. The SMILES string of the molecule is CCN(CC)c1nc(N)nc(NC2CCCS(=O)(=O)C2)n1. The Hall–Kier alpha value is -1.64. The van der Waals surface area contributed by atoms with E-state index in [0.717, 1.165) is 19.5 Å². The second-order valence-corrected chi connectivity index (χ2v) is 7.32. The smallest absolute Gasteiger partial charge is 0.231 e. The highest BCUT2D eigenvalue weighted by Crippen LogP contribution is 2.17. The number of nitrogens with one attached hydrogen (secondary N) is 1.